The highest BCUT2D eigenvalue weighted by atomic mass is 79.9. The normalized spacial score (nSPS) is 10.7. The molecule has 2 aromatic rings. The second-order valence-electron chi connectivity index (χ2n) is 5.31. The van der Waals surface area contributed by atoms with Gasteiger partial charge in [-0.05, 0) is 64.2 Å². The van der Waals surface area contributed by atoms with Crippen molar-refractivity contribution >= 4 is 33.1 Å². The van der Waals surface area contributed by atoms with Crippen LogP contribution < -0.4 is 10.5 Å². The van der Waals surface area contributed by atoms with E-state index in [1.54, 1.807) is 0 Å². The molecular weight excluding hydrogens is 346 g/mol. The number of aryl methyl sites for hydroxylation is 1. The van der Waals surface area contributed by atoms with Gasteiger partial charge in [-0.15, -0.1) is 0 Å². The highest BCUT2D eigenvalue weighted by Crippen LogP contribution is 2.35. The number of benzene rings is 2. The molecule has 0 saturated carbocycles. The van der Waals surface area contributed by atoms with Gasteiger partial charge in [-0.3, -0.25) is 0 Å². The van der Waals surface area contributed by atoms with Gasteiger partial charge in [0.1, 0.15) is 16.5 Å². The molecule has 0 amide bonds. The van der Waals surface area contributed by atoms with E-state index < -0.39 is 0 Å². The van der Waals surface area contributed by atoms with Crippen LogP contribution in [0.3, 0.4) is 0 Å². The zero-order valence-corrected chi connectivity index (χ0v) is 14.7. The molecule has 21 heavy (non-hydrogen) atoms. The highest BCUT2D eigenvalue weighted by molar-refractivity contribution is 9.10. The minimum atomic E-state index is 0.376. The standard InChI is InChI=1S/C17H18BrNOS/c1-10(2)13-6-4-11(3)8-16(13)20-15-7-5-12(17(19)21)9-14(15)18/h4-10H,1-3H3,(H2,19,21). The van der Waals surface area contributed by atoms with Crippen molar-refractivity contribution in [2.24, 2.45) is 5.73 Å². The molecule has 2 rings (SSSR count). The topological polar surface area (TPSA) is 35.2 Å². The number of ether oxygens (including phenoxy) is 1. The Morgan fingerprint density at radius 3 is 2.43 bits per heavy atom. The Morgan fingerprint density at radius 1 is 1.14 bits per heavy atom. The largest absolute Gasteiger partial charge is 0.456 e. The molecule has 0 spiro atoms. The van der Waals surface area contributed by atoms with Crippen molar-refractivity contribution in [2.75, 3.05) is 0 Å². The number of hydrogen-bond donors (Lipinski definition) is 1. The van der Waals surface area contributed by atoms with Gasteiger partial charge in [0.25, 0.3) is 0 Å². The van der Waals surface area contributed by atoms with Crippen LogP contribution in [-0.2, 0) is 0 Å². The van der Waals surface area contributed by atoms with Crippen molar-refractivity contribution in [1.29, 1.82) is 0 Å². The molecule has 110 valence electrons. The molecule has 2 aromatic carbocycles. The zero-order chi connectivity index (χ0) is 15.6. The smallest absolute Gasteiger partial charge is 0.141 e. The van der Waals surface area contributed by atoms with Crippen molar-refractivity contribution in [2.45, 2.75) is 26.7 Å². The first-order valence-corrected chi connectivity index (χ1v) is 7.96. The highest BCUT2D eigenvalue weighted by Gasteiger charge is 2.11. The first-order valence-electron chi connectivity index (χ1n) is 6.76. The summed E-state index contributed by atoms with van der Waals surface area (Å²) in [5, 5.41) is 0. The minimum Gasteiger partial charge on any atom is -0.456 e. The van der Waals surface area contributed by atoms with Crippen LogP contribution in [0.2, 0.25) is 0 Å². The van der Waals surface area contributed by atoms with E-state index >= 15 is 0 Å². The van der Waals surface area contributed by atoms with E-state index in [1.807, 2.05) is 18.2 Å². The number of halogens is 1. The van der Waals surface area contributed by atoms with Crippen LogP contribution in [0, 0.1) is 6.92 Å². The molecular formula is C17H18BrNOS. The third kappa shape index (κ3) is 3.83. The maximum absolute atomic E-state index is 6.09. The molecule has 0 aromatic heterocycles. The first-order chi connectivity index (χ1) is 9.88. The summed E-state index contributed by atoms with van der Waals surface area (Å²) in [5.74, 6) is 2.03. The molecule has 0 heterocycles. The zero-order valence-electron chi connectivity index (χ0n) is 12.3. The lowest BCUT2D eigenvalue weighted by atomic mass is 10.0. The van der Waals surface area contributed by atoms with Gasteiger partial charge in [0.2, 0.25) is 0 Å². The predicted molar refractivity (Wildman–Crippen MR) is 95.4 cm³/mol. The Hall–Kier alpha value is -1.39. The quantitative estimate of drug-likeness (QED) is 0.747. The number of rotatable bonds is 4. The SMILES string of the molecule is Cc1ccc(C(C)C)c(Oc2ccc(C(N)=S)cc2Br)c1. The van der Waals surface area contributed by atoms with E-state index in [2.05, 4.69) is 54.9 Å². The Balaban J connectivity index is 2.38. The van der Waals surface area contributed by atoms with Crippen LogP contribution in [-0.4, -0.2) is 4.99 Å². The van der Waals surface area contributed by atoms with Gasteiger partial charge < -0.3 is 10.5 Å². The molecule has 0 unspecified atom stereocenters. The minimum absolute atomic E-state index is 0.376. The van der Waals surface area contributed by atoms with Crippen molar-refractivity contribution in [3.63, 3.8) is 0 Å². The van der Waals surface area contributed by atoms with Crippen molar-refractivity contribution in [3.8, 4) is 11.5 Å². The molecule has 0 saturated heterocycles. The third-order valence-corrected chi connectivity index (χ3v) is 4.08. The molecule has 2 nitrogen and oxygen atoms in total. The Bertz CT molecular complexity index is 682. The van der Waals surface area contributed by atoms with Crippen LogP contribution in [0.5, 0.6) is 11.5 Å². The van der Waals surface area contributed by atoms with E-state index in [1.165, 1.54) is 11.1 Å². The summed E-state index contributed by atoms with van der Waals surface area (Å²) in [7, 11) is 0. The van der Waals surface area contributed by atoms with Gasteiger partial charge >= 0.3 is 0 Å². The van der Waals surface area contributed by atoms with E-state index in [4.69, 9.17) is 22.7 Å². The van der Waals surface area contributed by atoms with Gasteiger partial charge in [0.15, 0.2) is 0 Å². The molecule has 0 radical (unpaired) electrons. The summed E-state index contributed by atoms with van der Waals surface area (Å²) >= 11 is 8.50. The average Bonchev–Trinajstić information content (AvgIpc) is 2.40. The molecule has 0 aliphatic carbocycles. The Morgan fingerprint density at radius 2 is 1.86 bits per heavy atom. The van der Waals surface area contributed by atoms with Gasteiger partial charge in [-0.2, -0.15) is 0 Å². The average molecular weight is 364 g/mol. The third-order valence-electron chi connectivity index (χ3n) is 3.23. The van der Waals surface area contributed by atoms with E-state index in [0.717, 1.165) is 21.5 Å². The number of hydrogen-bond acceptors (Lipinski definition) is 2. The van der Waals surface area contributed by atoms with Crippen LogP contribution >= 0.6 is 28.1 Å². The van der Waals surface area contributed by atoms with Crippen molar-refractivity contribution in [3.05, 3.63) is 57.6 Å². The van der Waals surface area contributed by atoms with E-state index in [-0.39, 0.29) is 0 Å². The lowest BCUT2D eigenvalue weighted by molar-refractivity contribution is 0.470. The molecule has 0 aliphatic rings. The molecule has 0 fully saturated rings. The summed E-state index contributed by atoms with van der Waals surface area (Å²) in [6.45, 7) is 6.37. The lowest BCUT2D eigenvalue weighted by Crippen LogP contribution is -2.09. The Kier molecular flexibility index (Phi) is 5.01. The maximum Gasteiger partial charge on any atom is 0.141 e. The molecule has 2 N–H and O–H groups in total. The van der Waals surface area contributed by atoms with Gasteiger partial charge in [0, 0.05) is 5.56 Å². The fourth-order valence-electron chi connectivity index (χ4n) is 2.06. The summed E-state index contributed by atoms with van der Waals surface area (Å²) in [6.07, 6.45) is 0. The number of thiocarbonyl (C=S) groups is 1. The molecule has 4 heteroatoms. The Labute approximate surface area is 139 Å². The lowest BCUT2D eigenvalue weighted by Gasteiger charge is -2.16. The molecule has 0 bridgehead atoms. The van der Waals surface area contributed by atoms with Crippen LogP contribution in [0.4, 0.5) is 0 Å². The molecule has 0 atom stereocenters. The van der Waals surface area contributed by atoms with Crippen LogP contribution in [0.1, 0.15) is 36.5 Å². The second-order valence-corrected chi connectivity index (χ2v) is 6.60. The van der Waals surface area contributed by atoms with E-state index in [9.17, 15) is 0 Å². The fraction of sp³-hybridized carbons (Fsp3) is 0.235. The maximum atomic E-state index is 6.09. The summed E-state index contributed by atoms with van der Waals surface area (Å²) in [6, 6.07) is 11.9. The summed E-state index contributed by atoms with van der Waals surface area (Å²) < 4.78 is 6.92. The molecule has 0 aliphatic heterocycles. The fourth-order valence-corrected chi connectivity index (χ4v) is 2.65. The summed E-state index contributed by atoms with van der Waals surface area (Å²) in [5.41, 5.74) is 8.81. The van der Waals surface area contributed by atoms with Crippen molar-refractivity contribution in [1.82, 2.24) is 0 Å². The van der Waals surface area contributed by atoms with Gasteiger partial charge in [0.05, 0.1) is 4.47 Å². The van der Waals surface area contributed by atoms with Gasteiger partial charge in [-0.1, -0.05) is 38.2 Å². The van der Waals surface area contributed by atoms with Crippen LogP contribution in [0.25, 0.3) is 0 Å². The predicted octanol–water partition coefficient (Wildman–Crippen LogP) is 5.31. The second kappa shape index (κ2) is 6.58. The van der Waals surface area contributed by atoms with E-state index in [0.29, 0.717) is 10.9 Å². The van der Waals surface area contributed by atoms with Crippen molar-refractivity contribution < 1.29 is 4.74 Å². The summed E-state index contributed by atoms with van der Waals surface area (Å²) in [4.78, 5) is 0.376. The monoisotopic (exact) mass is 363 g/mol. The van der Waals surface area contributed by atoms with Crippen LogP contribution in [0.15, 0.2) is 40.9 Å². The number of nitrogens with two attached hydrogens (primary N) is 1. The van der Waals surface area contributed by atoms with Gasteiger partial charge in [-0.25, -0.2) is 0 Å². The first kappa shape index (κ1) is 16.0.